The summed E-state index contributed by atoms with van der Waals surface area (Å²) in [6.45, 7) is 1.82. The molecule has 0 spiro atoms. The molecule has 0 aliphatic heterocycles. The first kappa shape index (κ1) is 19.7. The molecule has 1 atom stereocenters. The zero-order chi connectivity index (χ0) is 22.5. The van der Waals surface area contributed by atoms with E-state index in [0.717, 1.165) is 71.6 Å². The number of aliphatic hydroxyl groups is 1. The van der Waals surface area contributed by atoms with E-state index in [9.17, 15) is 9.90 Å². The number of carbonyl (C=O) groups excluding carboxylic acids is 1. The predicted octanol–water partition coefficient (Wildman–Crippen LogP) is 7.83. The first-order valence-corrected chi connectivity index (χ1v) is 11.2. The molecule has 33 heavy (non-hydrogen) atoms. The van der Waals surface area contributed by atoms with Gasteiger partial charge in [-0.2, -0.15) is 0 Å². The Balaban J connectivity index is 1.62. The van der Waals surface area contributed by atoms with Crippen molar-refractivity contribution in [2.75, 3.05) is 0 Å². The van der Waals surface area contributed by atoms with Gasteiger partial charge in [0.2, 0.25) is 0 Å². The van der Waals surface area contributed by atoms with Gasteiger partial charge in [0.15, 0.2) is 6.29 Å². The van der Waals surface area contributed by atoms with Crippen LogP contribution in [0.4, 0.5) is 0 Å². The van der Waals surface area contributed by atoms with Crippen LogP contribution in [-0.4, -0.2) is 11.4 Å². The van der Waals surface area contributed by atoms with E-state index in [-0.39, 0.29) is 0 Å². The largest absolute Gasteiger partial charge is 0.389 e. The molecule has 1 unspecified atom stereocenters. The predicted molar refractivity (Wildman–Crippen MR) is 138 cm³/mol. The van der Waals surface area contributed by atoms with Crippen molar-refractivity contribution in [2.45, 2.75) is 13.0 Å². The smallest absolute Gasteiger partial charge is 0.151 e. The van der Waals surface area contributed by atoms with E-state index in [1.54, 1.807) is 0 Å². The molecule has 6 aromatic carbocycles. The van der Waals surface area contributed by atoms with Crippen molar-refractivity contribution in [1.82, 2.24) is 0 Å². The van der Waals surface area contributed by atoms with E-state index >= 15 is 0 Å². The number of benzene rings is 6. The lowest BCUT2D eigenvalue weighted by Gasteiger charge is -2.15. The molecule has 0 saturated carbocycles. The SMILES string of the molecule is CC(O)c1c2ccccc2cc2ccc(-c3ccc4cc5ccccc5c(C=O)c4c3)cc12. The Hall–Kier alpha value is -4.01. The van der Waals surface area contributed by atoms with Crippen LogP contribution in [0.2, 0.25) is 0 Å². The van der Waals surface area contributed by atoms with E-state index in [1.807, 2.05) is 43.3 Å². The maximum atomic E-state index is 12.1. The Labute approximate surface area is 191 Å². The highest BCUT2D eigenvalue weighted by Gasteiger charge is 2.14. The van der Waals surface area contributed by atoms with Crippen LogP contribution in [0.5, 0.6) is 0 Å². The van der Waals surface area contributed by atoms with Gasteiger partial charge in [-0.25, -0.2) is 0 Å². The van der Waals surface area contributed by atoms with Gasteiger partial charge in [-0.15, -0.1) is 0 Å². The van der Waals surface area contributed by atoms with Crippen molar-refractivity contribution in [1.29, 1.82) is 0 Å². The molecule has 0 aliphatic carbocycles. The van der Waals surface area contributed by atoms with Gasteiger partial charge in [0.1, 0.15) is 0 Å². The Morgan fingerprint density at radius 1 is 0.606 bits per heavy atom. The summed E-state index contributed by atoms with van der Waals surface area (Å²) in [5.41, 5.74) is 3.78. The Morgan fingerprint density at radius 2 is 1.12 bits per heavy atom. The van der Waals surface area contributed by atoms with Gasteiger partial charge >= 0.3 is 0 Å². The highest BCUT2D eigenvalue weighted by molar-refractivity contribution is 6.13. The van der Waals surface area contributed by atoms with E-state index in [4.69, 9.17) is 0 Å². The minimum absolute atomic E-state index is 0.585. The summed E-state index contributed by atoms with van der Waals surface area (Å²) in [6, 6.07) is 33.2. The quantitative estimate of drug-likeness (QED) is 0.231. The Kier molecular flexibility index (Phi) is 4.49. The third-order valence-electron chi connectivity index (χ3n) is 6.68. The molecular formula is C31H22O2. The molecule has 6 aromatic rings. The highest BCUT2D eigenvalue weighted by Crippen LogP contribution is 2.36. The van der Waals surface area contributed by atoms with Crippen molar-refractivity contribution in [3.05, 3.63) is 108 Å². The summed E-state index contributed by atoms with van der Waals surface area (Å²) in [5, 5.41) is 19.1. The molecule has 2 nitrogen and oxygen atoms in total. The third-order valence-corrected chi connectivity index (χ3v) is 6.68. The minimum Gasteiger partial charge on any atom is -0.389 e. The van der Waals surface area contributed by atoms with Gasteiger partial charge in [-0.05, 0) is 91.0 Å². The van der Waals surface area contributed by atoms with Gasteiger partial charge in [0.25, 0.3) is 0 Å². The summed E-state index contributed by atoms with van der Waals surface area (Å²) >= 11 is 0. The number of aliphatic hydroxyl groups excluding tert-OH is 1. The lowest BCUT2D eigenvalue weighted by Crippen LogP contribution is -1.95. The molecule has 0 aromatic heterocycles. The molecule has 0 amide bonds. The summed E-state index contributed by atoms with van der Waals surface area (Å²) in [4.78, 5) is 12.1. The van der Waals surface area contributed by atoms with Crippen LogP contribution >= 0.6 is 0 Å². The average Bonchev–Trinajstić information content (AvgIpc) is 2.85. The van der Waals surface area contributed by atoms with Crippen LogP contribution in [0.3, 0.4) is 0 Å². The topological polar surface area (TPSA) is 37.3 Å². The molecule has 0 aliphatic rings. The number of carbonyl (C=O) groups is 1. The number of rotatable bonds is 3. The van der Waals surface area contributed by atoms with Crippen molar-refractivity contribution in [3.8, 4) is 11.1 Å². The van der Waals surface area contributed by atoms with Gasteiger partial charge in [0.05, 0.1) is 6.10 Å². The molecular weight excluding hydrogens is 404 g/mol. The molecule has 0 bridgehead atoms. The zero-order valence-corrected chi connectivity index (χ0v) is 18.2. The molecule has 2 heteroatoms. The fourth-order valence-electron chi connectivity index (χ4n) is 5.13. The van der Waals surface area contributed by atoms with Crippen molar-refractivity contribution >= 4 is 49.4 Å². The fraction of sp³-hybridized carbons (Fsp3) is 0.0645. The fourth-order valence-corrected chi connectivity index (χ4v) is 5.13. The Bertz CT molecular complexity index is 1710. The van der Waals surface area contributed by atoms with E-state index < -0.39 is 6.10 Å². The van der Waals surface area contributed by atoms with Crippen molar-refractivity contribution < 1.29 is 9.90 Å². The summed E-state index contributed by atoms with van der Waals surface area (Å²) in [5.74, 6) is 0. The highest BCUT2D eigenvalue weighted by atomic mass is 16.3. The van der Waals surface area contributed by atoms with E-state index in [2.05, 4.69) is 60.7 Å². The lowest BCUT2D eigenvalue weighted by atomic mass is 9.90. The second-order valence-corrected chi connectivity index (χ2v) is 8.69. The molecule has 6 rings (SSSR count). The maximum Gasteiger partial charge on any atom is 0.151 e. The second kappa shape index (κ2) is 7.54. The van der Waals surface area contributed by atoms with E-state index in [1.165, 1.54) is 0 Å². The Morgan fingerprint density at radius 3 is 1.76 bits per heavy atom. The first-order chi connectivity index (χ1) is 16.1. The lowest BCUT2D eigenvalue weighted by molar-refractivity contribution is 0.112. The van der Waals surface area contributed by atoms with Crippen LogP contribution in [0.15, 0.2) is 97.1 Å². The number of hydrogen-bond acceptors (Lipinski definition) is 2. The van der Waals surface area contributed by atoms with Gasteiger partial charge in [-0.1, -0.05) is 72.8 Å². The first-order valence-electron chi connectivity index (χ1n) is 11.2. The number of hydrogen-bond donors (Lipinski definition) is 1. The standard InChI is InChI=1S/C31H22O2/c1-19(33)31-27-9-5-3-7-23(27)15-25-13-11-21(17-29(25)31)20-10-12-24-14-22-6-2-4-8-26(22)30(18-32)28(24)16-20/h2-19,33H,1H3. The van der Waals surface area contributed by atoms with Gasteiger partial charge in [-0.3, -0.25) is 4.79 Å². The van der Waals surface area contributed by atoms with Crippen LogP contribution in [0.1, 0.15) is 28.9 Å². The van der Waals surface area contributed by atoms with E-state index in [0.29, 0.717) is 0 Å². The molecule has 0 saturated heterocycles. The monoisotopic (exact) mass is 426 g/mol. The molecule has 0 radical (unpaired) electrons. The summed E-state index contributed by atoms with van der Waals surface area (Å²) in [6.07, 6.45) is 0.380. The maximum absolute atomic E-state index is 12.1. The van der Waals surface area contributed by atoms with Crippen LogP contribution in [0.25, 0.3) is 54.2 Å². The minimum atomic E-state index is -0.585. The normalized spacial score (nSPS) is 12.5. The number of fused-ring (bicyclic) bond motifs is 4. The van der Waals surface area contributed by atoms with Gasteiger partial charge < -0.3 is 5.11 Å². The number of aldehydes is 1. The molecule has 0 heterocycles. The van der Waals surface area contributed by atoms with Gasteiger partial charge in [0, 0.05) is 5.56 Å². The molecule has 0 fully saturated rings. The summed E-state index contributed by atoms with van der Waals surface area (Å²) < 4.78 is 0. The second-order valence-electron chi connectivity index (χ2n) is 8.69. The van der Waals surface area contributed by atoms with Crippen LogP contribution < -0.4 is 0 Å². The van der Waals surface area contributed by atoms with Crippen LogP contribution in [0, 0.1) is 0 Å². The summed E-state index contributed by atoms with van der Waals surface area (Å²) in [7, 11) is 0. The van der Waals surface area contributed by atoms with Crippen LogP contribution in [-0.2, 0) is 0 Å². The van der Waals surface area contributed by atoms with Crippen molar-refractivity contribution in [2.24, 2.45) is 0 Å². The molecule has 158 valence electrons. The third kappa shape index (κ3) is 3.11. The zero-order valence-electron chi connectivity index (χ0n) is 18.2. The van der Waals surface area contributed by atoms with Crippen molar-refractivity contribution in [3.63, 3.8) is 0 Å². The average molecular weight is 427 g/mol. The molecule has 1 N–H and O–H groups in total.